The first-order valence-corrected chi connectivity index (χ1v) is 5.96. The van der Waals surface area contributed by atoms with Gasteiger partial charge in [-0.15, -0.1) is 0 Å². The Morgan fingerprint density at radius 1 is 1.44 bits per heavy atom. The minimum Gasteiger partial charge on any atom is -0.385 e. The Kier molecular flexibility index (Phi) is 3.31. The zero-order chi connectivity index (χ0) is 11.6. The monoisotopic (exact) mass is 220 g/mol. The Morgan fingerprint density at radius 2 is 2.25 bits per heavy atom. The summed E-state index contributed by atoms with van der Waals surface area (Å²) in [6, 6.07) is 8.17. The second kappa shape index (κ2) is 4.56. The van der Waals surface area contributed by atoms with Gasteiger partial charge in [0.1, 0.15) is 0 Å². The maximum Gasteiger partial charge on any atom is 0.0921 e. The van der Waals surface area contributed by atoms with Crippen LogP contribution in [0.1, 0.15) is 36.8 Å². The third-order valence-electron chi connectivity index (χ3n) is 3.57. The van der Waals surface area contributed by atoms with Crippen molar-refractivity contribution in [3.05, 3.63) is 35.4 Å². The van der Waals surface area contributed by atoms with Gasteiger partial charge in [0, 0.05) is 13.5 Å². The van der Waals surface area contributed by atoms with E-state index in [0.717, 1.165) is 24.8 Å². The van der Waals surface area contributed by atoms with Gasteiger partial charge >= 0.3 is 0 Å². The molecule has 0 heterocycles. The molecule has 0 radical (unpaired) electrons. The summed E-state index contributed by atoms with van der Waals surface area (Å²) in [7, 11) is 1.73. The number of aliphatic hydroxyl groups is 1. The van der Waals surface area contributed by atoms with Gasteiger partial charge < -0.3 is 9.84 Å². The Bertz CT molecular complexity index is 362. The Hall–Kier alpha value is -0.860. The number of hydrogen-bond acceptors (Lipinski definition) is 2. The van der Waals surface area contributed by atoms with Gasteiger partial charge in [0.25, 0.3) is 0 Å². The van der Waals surface area contributed by atoms with Gasteiger partial charge in [0.05, 0.1) is 11.7 Å². The quantitative estimate of drug-likeness (QED) is 0.830. The molecule has 0 spiro atoms. The van der Waals surface area contributed by atoms with E-state index < -0.39 is 5.60 Å². The van der Waals surface area contributed by atoms with Crippen LogP contribution in [0, 0.1) is 6.92 Å². The smallest absolute Gasteiger partial charge is 0.0921 e. The van der Waals surface area contributed by atoms with Gasteiger partial charge in [0.15, 0.2) is 0 Å². The zero-order valence-electron chi connectivity index (χ0n) is 10.1. The molecule has 16 heavy (non-hydrogen) atoms. The number of methoxy groups -OCH3 is 1. The first-order valence-electron chi connectivity index (χ1n) is 5.96. The number of ether oxygens (including phenoxy) is 1. The molecule has 2 rings (SSSR count). The summed E-state index contributed by atoms with van der Waals surface area (Å²) < 4.78 is 5.38. The molecule has 0 aliphatic heterocycles. The summed E-state index contributed by atoms with van der Waals surface area (Å²) in [6.07, 6.45) is 3.84. The van der Waals surface area contributed by atoms with Crippen LogP contribution in [0.5, 0.6) is 0 Å². The second-order valence-electron chi connectivity index (χ2n) is 4.86. The van der Waals surface area contributed by atoms with Gasteiger partial charge in [0.2, 0.25) is 0 Å². The number of hydrogen-bond donors (Lipinski definition) is 1. The minimum absolute atomic E-state index is 0.194. The minimum atomic E-state index is -0.690. The number of aryl methyl sites for hydroxylation is 1. The lowest BCUT2D eigenvalue weighted by molar-refractivity contribution is -0.0632. The van der Waals surface area contributed by atoms with Crippen LogP contribution < -0.4 is 0 Å². The molecule has 1 N–H and O–H groups in total. The lowest BCUT2D eigenvalue weighted by Crippen LogP contribution is -2.35. The van der Waals surface area contributed by atoms with E-state index in [9.17, 15) is 5.11 Å². The van der Waals surface area contributed by atoms with Gasteiger partial charge in [-0.3, -0.25) is 0 Å². The molecule has 1 aliphatic carbocycles. The molecule has 2 nitrogen and oxygen atoms in total. The summed E-state index contributed by atoms with van der Waals surface area (Å²) >= 11 is 0. The molecular formula is C14H20O2. The maximum atomic E-state index is 10.7. The van der Waals surface area contributed by atoms with Crippen molar-refractivity contribution in [3.63, 3.8) is 0 Å². The highest BCUT2D eigenvalue weighted by molar-refractivity contribution is 5.28. The standard InChI is InChI=1S/C14H20O2/c1-11-5-3-6-12(9-11)14(15)8-4-7-13(10-14)16-2/h3,5-6,9,13,15H,4,7-8,10H2,1-2H3. The molecule has 0 saturated heterocycles. The number of rotatable bonds is 2. The van der Waals surface area contributed by atoms with Crippen LogP contribution >= 0.6 is 0 Å². The average Bonchev–Trinajstić information content (AvgIpc) is 2.29. The van der Waals surface area contributed by atoms with E-state index in [2.05, 4.69) is 19.1 Å². The van der Waals surface area contributed by atoms with Crippen molar-refractivity contribution < 1.29 is 9.84 Å². The summed E-state index contributed by atoms with van der Waals surface area (Å²) in [5.41, 5.74) is 1.55. The van der Waals surface area contributed by atoms with Crippen LogP contribution in [0.4, 0.5) is 0 Å². The van der Waals surface area contributed by atoms with Gasteiger partial charge in [-0.05, 0) is 31.7 Å². The molecule has 0 aromatic heterocycles. The Balaban J connectivity index is 2.23. The first kappa shape index (κ1) is 11.6. The number of benzene rings is 1. The molecule has 1 saturated carbocycles. The summed E-state index contributed by atoms with van der Waals surface area (Å²) in [5.74, 6) is 0. The van der Waals surface area contributed by atoms with E-state index >= 15 is 0 Å². The van der Waals surface area contributed by atoms with Crippen molar-refractivity contribution >= 4 is 0 Å². The van der Waals surface area contributed by atoms with Crippen molar-refractivity contribution in [2.24, 2.45) is 0 Å². The van der Waals surface area contributed by atoms with Crippen LogP contribution in [-0.2, 0) is 10.3 Å². The molecule has 2 atom stereocenters. The third kappa shape index (κ3) is 2.28. The molecule has 2 unspecified atom stereocenters. The fourth-order valence-electron chi connectivity index (χ4n) is 2.60. The van der Waals surface area contributed by atoms with Crippen molar-refractivity contribution in [2.45, 2.75) is 44.3 Å². The lowest BCUT2D eigenvalue weighted by Gasteiger charge is -2.36. The van der Waals surface area contributed by atoms with Gasteiger partial charge in [-0.2, -0.15) is 0 Å². The predicted octanol–water partition coefficient (Wildman–Crippen LogP) is 2.77. The molecular weight excluding hydrogens is 200 g/mol. The van der Waals surface area contributed by atoms with Crippen LogP contribution in [0.25, 0.3) is 0 Å². The van der Waals surface area contributed by atoms with Crippen LogP contribution in [0.15, 0.2) is 24.3 Å². The fraction of sp³-hybridized carbons (Fsp3) is 0.571. The lowest BCUT2D eigenvalue weighted by atomic mass is 9.78. The molecule has 2 heteroatoms. The van der Waals surface area contributed by atoms with Crippen molar-refractivity contribution in [2.75, 3.05) is 7.11 Å². The topological polar surface area (TPSA) is 29.5 Å². The van der Waals surface area contributed by atoms with E-state index in [4.69, 9.17) is 4.74 Å². The van der Waals surface area contributed by atoms with E-state index in [1.54, 1.807) is 7.11 Å². The molecule has 1 aromatic rings. The van der Waals surface area contributed by atoms with E-state index in [1.165, 1.54) is 5.56 Å². The summed E-state index contributed by atoms with van der Waals surface area (Å²) in [6.45, 7) is 2.06. The average molecular weight is 220 g/mol. The third-order valence-corrected chi connectivity index (χ3v) is 3.57. The Labute approximate surface area is 97.3 Å². The van der Waals surface area contributed by atoms with E-state index in [0.29, 0.717) is 6.42 Å². The molecule has 1 aliphatic rings. The molecule has 1 aromatic carbocycles. The summed E-state index contributed by atoms with van der Waals surface area (Å²) in [5, 5.41) is 10.7. The van der Waals surface area contributed by atoms with Crippen LogP contribution in [0.2, 0.25) is 0 Å². The van der Waals surface area contributed by atoms with Crippen LogP contribution in [-0.4, -0.2) is 18.3 Å². The second-order valence-corrected chi connectivity index (χ2v) is 4.86. The predicted molar refractivity (Wildman–Crippen MR) is 64.3 cm³/mol. The van der Waals surface area contributed by atoms with Gasteiger partial charge in [-0.1, -0.05) is 29.8 Å². The van der Waals surface area contributed by atoms with Crippen molar-refractivity contribution in [1.82, 2.24) is 0 Å². The van der Waals surface area contributed by atoms with E-state index in [-0.39, 0.29) is 6.10 Å². The Morgan fingerprint density at radius 3 is 2.94 bits per heavy atom. The largest absolute Gasteiger partial charge is 0.385 e. The highest BCUT2D eigenvalue weighted by atomic mass is 16.5. The summed E-state index contributed by atoms with van der Waals surface area (Å²) in [4.78, 5) is 0. The first-order chi connectivity index (χ1) is 7.64. The molecule has 0 amide bonds. The fourth-order valence-corrected chi connectivity index (χ4v) is 2.60. The SMILES string of the molecule is COC1CCCC(O)(c2cccc(C)c2)C1. The maximum absolute atomic E-state index is 10.7. The van der Waals surface area contributed by atoms with Crippen molar-refractivity contribution in [1.29, 1.82) is 0 Å². The zero-order valence-corrected chi connectivity index (χ0v) is 10.1. The van der Waals surface area contributed by atoms with Gasteiger partial charge in [-0.25, -0.2) is 0 Å². The normalized spacial score (nSPS) is 30.3. The highest BCUT2D eigenvalue weighted by Crippen LogP contribution is 2.38. The molecule has 1 fully saturated rings. The van der Waals surface area contributed by atoms with Crippen molar-refractivity contribution in [3.8, 4) is 0 Å². The molecule has 0 bridgehead atoms. The van der Waals surface area contributed by atoms with Crippen LogP contribution in [0.3, 0.4) is 0 Å². The molecule has 88 valence electrons. The van der Waals surface area contributed by atoms with E-state index in [1.807, 2.05) is 12.1 Å². The highest BCUT2D eigenvalue weighted by Gasteiger charge is 2.35.